The van der Waals surface area contributed by atoms with Crippen molar-refractivity contribution in [1.82, 2.24) is 0 Å². The Kier molecular flexibility index (Phi) is 7.84. The molecule has 0 saturated heterocycles. The lowest BCUT2D eigenvalue weighted by molar-refractivity contribution is 0.267. The average molecular weight is 316 g/mol. The fraction of sp³-hybridized carbons (Fsp3) is 0.619. The molecule has 1 aromatic rings. The maximum atomic E-state index is 9.18. The van der Waals surface area contributed by atoms with Gasteiger partial charge in [-0.2, -0.15) is 0 Å². The number of nitrogens with two attached hydrogens (primary N) is 1. The molecule has 0 aromatic heterocycles. The molecule has 128 valence electrons. The summed E-state index contributed by atoms with van der Waals surface area (Å²) in [6.07, 6.45) is 14.6. The molecule has 2 heteroatoms. The number of hydrogen-bond acceptors (Lipinski definition) is 2. The Bertz CT molecular complexity index is 507. The van der Waals surface area contributed by atoms with Gasteiger partial charge in [-0.1, -0.05) is 63.3 Å². The minimum atomic E-state index is -0.144. The Morgan fingerprint density at radius 1 is 1.13 bits per heavy atom. The number of benzene rings is 1. The zero-order valence-corrected chi connectivity index (χ0v) is 14.7. The van der Waals surface area contributed by atoms with E-state index in [0.717, 1.165) is 19.3 Å². The lowest BCUT2D eigenvalue weighted by Gasteiger charge is -2.21. The van der Waals surface area contributed by atoms with Crippen LogP contribution in [0.1, 0.15) is 75.0 Å². The molecule has 23 heavy (non-hydrogen) atoms. The lowest BCUT2D eigenvalue weighted by atomic mass is 9.86. The first-order valence-corrected chi connectivity index (χ1v) is 9.42. The minimum Gasteiger partial charge on any atom is -0.395 e. The van der Waals surface area contributed by atoms with E-state index in [4.69, 9.17) is 5.73 Å². The number of aliphatic hydroxyl groups excluding tert-OH is 1. The Balaban J connectivity index is 1.88. The molecule has 2 rings (SSSR count). The Morgan fingerprint density at radius 2 is 1.91 bits per heavy atom. The number of rotatable bonds is 10. The van der Waals surface area contributed by atoms with Crippen LogP contribution in [0.25, 0.3) is 5.57 Å². The lowest BCUT2D eigenvalue weighted by Crippen LogP contribution is -2.25. The molecule has 0 heterocycles. The molecular weight excluding hydrogens is 282 g/mol. The van der Waals surface area contributed by atoms with Gasteiger partial charge in [0.2, 0.25) is 0 Å². The van der Waals surface area contributed by atoms with Gasteiger partial charge >= 0.3 is 0 Å². The van der Waals surface area contributed by atoms with Gasteiger partial charge in [0, 0.05) is 6.04 Å². The Hall–Kier alpha value is -1.12. The quantitative estimate of drug-likeness (QED) is 0.618. The van der Waals surface area contributed by atoms with Crippen LogP contribution in [0.4, 0.5) is 0 Å². The van der Waals surface area contributed by atoms with Gasteiger partial charge in [0.25, 0.3) is 0 Å². The summed E-state index contributed by atoms with van der Waals surface area (Å²) in [5, 5.41) is 9.18. The zero-order valence-electron chi connectivity index (χ0n) is 14.7. The standard InChI is InChI=1S/C21H33NO/c1-2-3-4-5-6-7-9-17-12-13-21-18(14-17)10-8-11-19(21)15-20(22)16-23/h11-14,20,23H,2-10,15-16,22H2,1H3/t20-/m1/s1. The van der Waals surface area contributed by atoms with Crippen molar-refractivity contribution in [2.24, 2.45) is 5.73 Å². The molecule has 1 aliphatic carbocycles. The molecule has 0 unspecified atom stereocenters. The van der Waals surface area contributed by atoms with Crippen molar-refractivity contribution in [3.8, 4) is 0 Å². The van der Waals surface area contributed by atoms with Crippen LogP contribution < -0.4 is 5.73 Å². The summed E-state index contributed by atoms with van der Waals surface area (Å²) >= 11 is 0. The van der Waals surface area contributed by atoms with E-state index in [1.165, 1.54) is 67.2 Å². The van der Waals surface area contributed by atoms with E-state index < -0.39 is 0 Å². The van der Waals surface area contributed by atoms with Crippen LogP contribution in [-0.4, -0.2) is 17.8 Å². The normalized spacial score (nSPS) is 15.2. The van der Waals surface area contributed by atoms with E-state index in [-0.39, 0.29) is 12.6 Å². The van der Waals surface area contributed by atoms with Crippen molar-refractivity contribution in [3.05, 3.63) is 41.0 Å². The number of aliphatic hydroxyl groups is 1. The highest BCUT2D eigenvalue weighted by atomic mass is 16.3. The summed E-state index contributed by atoms with van der Waals surface area (Å²) in [4.78, 5) is 0. The van der Waals surface area contributed by atoms with Gasteiger partial charge in [-0.25, -0.2) is 0 Å². The van der Waals surface area contributed by atoms with Crippen LogP contribution in [0.3, 0.4) is 0 Å². The molecule has 0 saturated carbocycles. The highest BCUT2D eigenvalue weighted by Gasteiger charge is 2.15. The maximum absolute atomic E-state index is 9.18. The molecule has 0 fully saturated rings. The molecule has 1 aliphatic rings. The second kappa shape index (κ2) is 9.89. The van der Waals surface area contributed by atoms with E-state index in [9.17, 15) is 5.11 Å². The summed E-state index contributed by atoms with van der Waals surface area (Å²) in [6.45, 7) is 2.33. The first-order chi connectivity index (χ1) is 11.2. The average Bonchev–Trinajstić information content (AvgIpc) is 2.58. The van der Waals surface area contributed by atoms with E-state index in [1.54, 1.807) is 0 Å². The summed E-state index contributed by atoms with van der Waals surface area (Å²) in [6, 6.07) is 6.82. The number of fused-ring (bicyclic) bond motifs is 1. The third kappa shape index (κ3) is 5.78. The monoisotopic (exact) mass is 315 g/mol. The first kappa shape index (κ1) is 18.2. The molecule has 0 radical (unpaired) electrons. The molecule has 1 aromatic carbocycles. The van der Waals surface area contributed by atoms with E-state index in [1.807, 2.05) is 0 Å². The fourth-order valence-corrected chi connectivity index (χ4v) is 3.48. The van der Waals surface area contributed by atoms with Crippen molar-refractivity contribution < 1.29 is 5.11 Å². The summed E-state index contributed by atoms with van der Waals surface area (Å²) in [5.74, 6) is 0. The molecule has 0 aliphatic heterocycles. The van der Waals surface area contributed by atoms with Crippen molar-refractivity contribution in [1.29, 1.82) is 0 Å². The van der Waals surface area contributed by atoms with Crippen molar-refractivity contribution >= 4 is 5.57 Å². The fourth-order valence-electron chi connectivity index (χ4n) is 3.48. The second-order valence-electron chi connectivity index (χ2n) is 6.92. The Morgan fingerprint density at radius 3 is 2.70 bits per heavy atom. The van der Waals surface area contributed by atoms with Crippen molar-refractivity contribution in [3.63, 3.8) is 0 Å². The van der Waals surface area contributed by atoms with Gasteiger partial charge in [0.1, 0.15) is 0 Å². The van der Waals surface area contributed by atoms with E-state index >= 15 is 0 Å². The number of hydrogen-bond donors (Lipinski definition) is 2. The van der Waals surface area contributed by atoms with Crippen LogP contribution in [0.15, 0.2) is 24.3 Å². The number of allylic oxidation sites excluding steroid dienone is 1. The number of aryl methyl sites for hydroxylation is 2. The predicted molar refractivity (Wildman–Crippen MR) is 99.5 cm³/mol. The minimum absolute atomic E-state index is 0.0583. The number of unbranched alkanes of at least 4 members (excludes halogenated alkanes) is 5. The zero-order chi connectivity index (χ0) is 16.5. The van der Waals surface area contributed by atoms with Crippen LogP contribution >= 0.6 is 0 Å². The SMILES string of the molecule is CCCCCCCCc1ccc2c(c1)CCC=C2C[C@@H](N)CO. The predicted octanol–water partition coefficient (Wildman–Crippen LogP) is 4.63. The third-order valence-corrected chi connectivity index (χ3v) is 4.86. The largest absolute Gasteiger partial charge is 0.395 e. The van der Waals surface area contributed by atoms with Gasteiger partial charge in [-0.15, -0.1) is 0 Å². The topological polar surface area (TPSA) is 46.2 Å². The van der Waals surface area contributed by atoms with Crippen molar-refractivity contribution in [2.45, 2.75) is 77.2 Å². The van der Waals surface area contributed by atoms with Gasteiger partial charge < -0.3 is 10.8 Å². The van der Waals surface area contributed by atoms with Crippen LogP contribution in [0.5, 0.6) is 0 Å². The van der Waals surface area contributed by atoms with Crippen LogP contribution in [-0.2, 0) is 12.8 Å². The molecule has 3 N–H and O–H groups in total. The van der Waals surface area contributed by atoms with Crippen molar-refractivity contribution in [2.75, 3.05) is 6.61 Å². The van der Waals surface area contributed by atoms with Crippen LogP contribution in [0.2, 0.25) is 0 Å². The summed E-state index contributed by atoms with van der Waals surface area (Å²) < 4.78 is 0. The molecule has 0 bridgehead atoms. The van der Waals surface area contributed by atoms with Gasteiger partial charge in [0.15, 0.2) is 0 Å². The Labute approximate surface area is 141 Å². The van der Waals surface area contributed by atoms with Gasteiger partial charge in [-0.05, 0) is 54.4 Å². The summed E-state index contributed by atoms with van der Waals surface area (Å²) in [5.41, 5.74) is 11.5. The smallest absolute Gasteiger partial charge is 0.0585 e. The molecule has 2 nitrogen and oxygen atoms in total. The highest BCUT2D eigenvalue weighted by molar-refractivity contribution is 5.70. The maximum Gasteiger partial charge on any atom is 0.0585 e. The van der Waals surface area contributed by atoms with E-state index in [0.29, 0.717) is 0 Å². The third-order valence-electron chi connectivity index (χ3n) is 4.86. The molecule has 0 spiro atoms. The first-order valence-electron chi connectivity index (χ1n) is 9.42. The van der Waals surface area contributed by atoms with Crippen LogP contribution in [0, 0.1) is 0 Å². The molecule has 1 atom stereocenters. The van der Waals surface area contributed by atoms with E-state index in [2.05, 4.69) is 31.2 Å². The molecular formula is C21H33NO. The summed E-state index contributed by atoms with van der Waals surface area (Å²) in [7, 11) is 0. The van der Waals surface area contributed by atoms with Gasteiger partial charge in [0.05, 0.1) is 6.61 Å². The molecule has 0 amide bonds. The highest BCUT2D eigenvalue weighted by Crippen LogP contribution is 2.30. The second-order valence-corrected chi connectivity index (χ2v) is 6.92. The van der Waals surface area contributed by atoms with Gasteiger partial charge in [-0.3, -0.25) is 0 Å².